The minimum Gasteiger partial charge on any atom is -0.464 e. The number of anilines is 1. The predicted molar refractivity (Wildman–Crippen MR) is 105 cm³/mol. The first-order chi connectivity index (χ1) is 12.6. The van der Waals surface area contributed by atoms with E-state index in [1.165, 1.54) is 10.6 Å². The van der Waals surface area contributed by atoms with Crippen molar-refractivity contribution in [2.24, 2.45) is 0 Å². The highest BCUT2D eigenvalue weighted by atomic mass is 35.5. The highest BCUT2D eigenvalue weighted by Crippen LogP contribution is 2.18. The van der Waals surface area contributed by atoms with Crippen LogP contribution in [-0.2, 0) is 6.54 Å². The molecule has 0 amide bonds. The van der Waals surface area contributed by atoms with Gasteiger partial charge in [-0.2, -0.15) is 0 Å². The van der Waals surface area contributed by atoms with Crippen LogP contribution in [0.4, 0.5) is 5.69 Å². The summed E-state index contributed by atoms with van der Waals surface area (Å²) in [4.78, 5) is 16.6. The zero-order valence-electron chi connectivity index (χ0n) is 14.8. The highest BCUT2D eigenvalue weighted by Gasteiger charge is 2.22. The highest BCUT2D eigenvalue weighted by molar-refractivity contribution is 6.30. The summed E-state index contributed by atoms with van der Waals surface area (Å²) in [5.41, 5.74) is 3.80. The van der Waals surface area contributed by atoms with Gasteiger partial charge in [-0.25, -0.2) is 0 Å². The molecule has 1 fully saturated rings. The molecule has 1 saturated heterocycles. The van der Waals surface area contributed by atoms with Crippen LogP contribution in [0.15, 0.2) is 57.9 Å². The molecule has 4 nitrogen and oxygen atoms in total. The van der Waals surface area contributed by atoms with E-state index in [2.05, 4.69) is 17.0 Å². The quantitative estimate of drug-likeness (QED) is 0.771. The summed E-state index contributed by atoms with van der Waals surface area (Å²) in [6.07, 6.45) is 1.64. The van der Waals surface area contributed by atoms with Gasteiger partial charge in [-0.15, -0.1) is 0 Å². The van der Waals surface area contributed by atoms with Crippen LogP contribution in [0, 0.1) is 6.92 Å². The van der Waals surface area contributed by atoms with Crippen LogP contribution < -0.4 is 15.2 Å². The van der Waals surface area contributed by atoms with E-state index in [1.54, 1.807) is 6.26 Å². The van der Waals surface area contributed by atoms with Gasteiger partial charge in [0.05, 0.1) is 37.1 Å². The zero-order chi connectivity index (χ0) is 18.1. The van der Waals surface area contributed by atoms with E-state index in [1.807, 2.05) is 37.3 Å². The Labute approximate surface area is 157 Å². The maximum Gasteiger partial charge on any atom is 0.201 e. The fraction of sp³-hybridized carbons (Fsp3) is 0.286. The molecule has 0 bridgehead atoms. The number of nitrogens with zero attached hydrogens (tertiary/aromatic N) is 1. The second kappa shape index (κ2) is 7.14. The SMILES string of the molecule is Cc1ccc2occ(C[NH+]3CCN(c4ccc(Cl)cc4)CC3)c(=O)c2c1. The molecule has 2 aromatic carbocycles. The first-order valence-electron chi connectivity index (χ1n) is 8.95. The number of nitrogens with one attached hydrogen (secondary N) is 1. The van der Waals surface area contributed by atoms with Gasteiger partial charge in [0.25, 0.3) is 0 Å². The number of rotatable bonds is 3. The Morgan fingerprint density at radius 3 is 2.58 bits per heavy atom. The lowest BCUT2D eigenvalue weighted by Gasteiger charge is -2.33. The van der Waals surface area contributed by atoms with Gasteiger partial charge in [-0.1, -0.05) is 23.2 Å². The van der Waals surface area contributed by atoms with Crippen molar-refractivity contribution in [1.29, 1.82) is 0 Å². The summed E-state index contributed by atoms with van der Waals surface area (Å²) >= 11 is 5.97. The normalized spacial score (nSPS) is 15.5. The molecule has 1 aliphatic rings. The average Bonchev–Trinajstić information content (AvgIpc) is 2.66. The van der Waals surface area contributed by atoms with Gasteiger partial charge < -0.3 is 14.2 Å². The van der Waals surface area contributed by atoms with Crippen LogP contribution >= 0.6 is 11.6 Å². The number of benzene rings is 2. The number of quaternary nitrogens is 1. The average molecular weight is 370 g/mol. The number of hydrogen-bond acceptors (Lipinski definition) is 3. The van der Waals surface area contributed by atoms with Crippen molar-refractivity contribution in [1.82, 2.24) is 0 Å². The van der Waals surface area contributed by atoms with Crippen molar-refractivity contribution < 1.29 is 9.32 Å². The van der Waals surface area contributed by atoms with Gasteiger partial charge in [-0.05, 0) is 43.3 Å². The summed E-state index contributed by atoms with van der Waals surface area (Å²) in [5.74, 6) is 0. The molecule has 134 valence electrons. The van der Waals surface area contributed by atoms with Crippen LogP contribution in [-0.4, -0.2) is 26.2 Å². The molecule has 2 heterocycles. The molecule has 0 aliphatic carbocycles. The summed E-state index contributed by atoms with van der Waals surface area (Å²) in [7, 11) is 0. The van der Waals surface area contributed by atoms with Gasteiger partial charge in [0.1, 0.15) is 18.4 Å². The van der Waals surface area contributed by atoms with Gasteiger partial charge in [0, 0.05) is 10.7 Å². The third kappa shape index (κ3) is 3.48. The fourth-order valence-electron chi connectivity index (χ4n) is 3.59. The number of aryl methyl sites for hydroxylation is 1. The minimum absolute atomic E-state index is 0.0996. The van der Waals surface area contributed by atoms with E-state index >= 15 is 0 Å². The van der Waals surface area contributed by atoms with Crippen molar-refractivity contribution in [3.8, 4) is 0 Å². The molecule has 1 aromatic heterocycles. The van der Waals surface area contributed by atoms with Gasteiger partial charge in [-0.3, -0.25) is 4.79 Å². The number of halogens is 1. The molecule has 0 spiro atoms. The van der Waals surface area contributed by atoms with Crippen LogP contribution in [0.2, 0.25) is 5.02 Å². The first-order valence-corrected chi connectivity index (χ1v) is 9.33. The van der Waals surface area contributed by atoms with Crippen molar-refractivity contribution in [3.05, 3.63) is 75.1 Å². The molecule has 0 saturated carbocycles. The fourth-order valence-corrected chi connectivity index (χ4v) is 3.71. The lowest BCUT2D eigenvalue weighted by Crippen LogP contribution is -3.13. The number of fused-ring (bicyclic) bond motifs is 1. The van der Waals surface area contributed by atoms with E-state index in [-0.39, 0.29) is 5.43 Å². The first kappa shape index (κ1) is 17.1. The van der Waals surface area contributed by atoms with E-state index in [4.69, 9.17) is 16.0 Å². The molecule has 0 radical (unpaired) electrons. The zero-order valence-corrected chi connectivity index (χ0v) is 15.6. The lowest BCUT2D eigenvalue weighted by molar-refractivity contribution is -0.914. The summed E-state index contributed by atoms with van der Waals surface area (Å²) in [6, 6.07) is 13.7. The Morgan fingerprint density at radius 2 is 1.85 bits per heavy atom. The van der Waals surface area contributed by atoms with Crippen LogP contribution in [0.3, 0.4) is 0 Å². The molecule has 0 atom stereocenters. The van der Waals surface area contributed by atoms with Gasteiger partial charge in [0.15, 0.2) is 0 Å². The van der Waals surface area contributed by atoms with E-state index < -0.39 is 0 Å². The Morgan fingerprint density at radius 1 is 1.12 bits per heavy atom. The van der Waals surface area contributed by atoms with Gasteiger partial charge >= 0.3 is 0 Å². The van der Waals surface area contributed by atoms with E-state index in [0.717, 1.165) is 42.3 Å². The molecular weight excluding hydrogens is 348 g/mol. The van der Waals surface area contributed by atoms with Crippen molar-refractivity contribution in [3.63, 3.8) is 0 Å². The summed E-state index contributed by atoms with van der Waals surface area (Å²) < 4.78 is 5.69. The second-order valence-electron chi connectivity index (χ2n) is 6.98. The summed E-state index contributed by atoms with van der Waals surface area (Å²) in [5, 5.41) is 1.44. The van der Waals surface area contributed by atoms with E-state index in [0.29, 0.717) is 17.5 Å². The smallest absolute Gasteiger partial charge is 0.201 e. The molecule has 1 N–H and O–H groups in total. The third-order valence-electron chi connectivity index (χ3n) is 5.10. The lowest BCUT2D eigenvalue weighted by atomic mass is 10.1. The molecule has 4 rings (SSSR count). The van der Waals surface area contributed by atoms with Crippen molar-refractivity contribution >= 4 is 28.3 Å². The molecule has 3 aromatic rings. The molecular formula is C21H22ClN2O2+. The Kier molecular flexibility index (Phi) is 4.70. The Bertz CT molecular complexity index is 973. The predicted octanol–water partition coefficient (Wildman–Crippen LogP) is 2.66. The van der Waals surface area contributed by atoms with Crippen molar-refractivity contribution in [2.45, 2.75) is 13.5 Å². The Balaban J connectivity index is 1.46. The van der Waals surface area contributed by atoms with E-state index in [9.17, 15) is 4.79 Å². The molecule has 26 heavy (non-hydrogen) atoms. The standard InChI is InChI=1S/C21H21ClN2O2/c1-15-2-7-20-19(12-15)21(25)16(14-26-20)13-23-8-10-24(11-9-23)18-5-3-17(22)4-6-18/h2-7,12,14H,8-11,13H2,1H3/p+1. The number of hydrogen-bond donors (Lipinski definition) is 1. The largest absolute Gasteiger partial charge is 0.464 e. The van der Waals surface area contributed by atoms with Crippen LogP contribution in [0.5, 0.6) is 0 Å². The van der Waals surface area contributed by atoms with Gasteiger partial charge in [0.2, 0.25) is 5.43 Å². The molecule has 1 aliphatic heterocycles. The van der Waals surface area contributed by atoms with Crippen LogP contribution in [0.1, 0.15) is 11.1 Å². The second-order valence-corrected chi connectivity index (χ2v) is 7.42. The topological polar surface area (TPSA) is 37.9 Å². The summed E-state index contributed by atoms with van der Waals surface area (Å²) in [6.45, 7) is 6.62. The minimum atomic E-state index is 0.0996. The number of piperazine rings is 1. The van der Waals surface area contributed by atoms with Crippen LogP contribution in [0.25, 0.3) is 11.0 Å². The third-order valence-corrected chi connectivity index (χ3v) is 5.35. The molecule has 0 unspecified atom stereocenters. The maximum absolute atomic E-state index is 12.8. The maximum atomic E-state index is 12.8. The van der Waals surface area contributed by atoms with Crippen molar-refractivity contribution in [2.75, 3.05) is 31.1 Å². The molecule has 5 heteroatoms. The Hall–Kier alpha value is -2.30. The monoisotopic (exact) mass is 369 g/mol.